The highest BCUT2D eigenvalue weighted by molar-refractivity contribution is 5.99. The zero-order valence-electron chi connectivity index (χ0n) is 23.7. The summed E-state index contributed by atoms with van der Waals surface area (Å²) in [4.78, 5) is 26.7. The largest absolute Gasteiger partial charge is 0.496 e. The van der Waals surface area contributed by atoms with Gasteiger partial charge >= 0.3 is 0 Å². The molecule has 1 aliphatic heterocycles. The molecule has 4 aliphatic rings. The van der Waals surface area contributed by atoms with Gasteiger partial charge in [0.25, 0.3) is 0 Å². The van der Waals surface area contributed by atoms with Crippen LogP contribution < -0.4 is 10.1 Å². The second-order valence-electron chi connectivity index (χ2n) is 12.6. The summed E-state index contributed by atoms with van der Waals surface area (Å²) < 4.78 is 5.64. The monoisotopic (exact) mass is 533 g/mol. The van der Waals surface area contributed by atoms with E-state index in [2.05, 4.69) is 29.6 Å². The van der Waals surface area contributed by atoms with E-state index in [9.17, 15) is 14.7 Å². The number of Topliss-reactive ketones (excluding diaryl/α,β-unsaturated/α-hetero) is 2. The van der Waals surface area contributed by atoms with E-state index in [4.69, 9.17) is 4.74 Å². The van der Waals surface area contributed by atoms with E-state index < -0.39 is 6.23 Å². The number of ether oxygens (including phenoxy) is 1. The smallest absolute Gasteiger partial charge is 0.163 e. The van der Waals surface area contributed by atoms with Crippen molar-refractivity contribution in [2.24, 2.45) is 23.7 Å². The van der Waals surface area contributed by atoms with Gasteiger partial charge < -0.3 is 9.84 Å². The summed E-state index contributed by atoms with van der Waals surface area (Å²) in [7, 11) is 1.76. The number of carbonyl (C=O) groups is 2. The number of allylic oxidation sites excluding steroid dienone is 2. The summed E-state index contributed by atoms with van der Waals surface area (Å²) in [5, 5.41) is 13.7. The fourth-order valence-electron chi connectivity index (χ4n) is 7.77. The Morgan fingerprint density at radius 1 is 1.00 bits per heavy atom. The molecular weight excluding hydrogens is 486 g/mol. The number of carbonyl (C=O) groups excluding carboxylic acids is 2. The molecule has 0 spiro atoms. The van der Waals surface area contributed by atoms with Gasteiger partial charge in [-0.2, -0.15) is 0 Å². The molecule has 39 heavy (non-hydrogen) atoms. The van der Waals surface area contributed by atoms with Crippen molar-refractivity contribution in [3.63, 3.8) is 0 Å². The summed E-state index contributed by atoms with van der Waals surface area (Å²) >= 11 is 0. The van der Waals surface area contributed by atoms with Crippen LogP contribution in [0.1, 0.15) is 101 Å². The molecule has 1 aromatic rings. The lowest BCUT2D eigenvalue weighted by molar-refractivity contribution is -0.125. The third kappa shape index (κ3) is 7.10. The molecule has 3 fully saturated rings. The molecule has 1 aromatic carbocycles. The molecule has 0 radical (unpaired) electrons. The number of nitrogens with one attached hydrogen (secondary N) is 1. The highest BCUT2D eigenvalue weighted by Crippen LogP contribution is 2.40. The number of ketones is 2. The number of hydrogen-bond acceptors (Lipinski definition) is 5. The van der Waals surface area contributed by atoms with Gasteiger partial charge in [0.1, 0.15) is 17.8 Å². The van der Waals surface area contributed by atoms with Gasteiger partial charge in [0.05, 0.1) is 13.2 Å². The van der Waals surface area contributed by atoms with Crippen LogP contribution in [0.15, 0.2) is 48.1 Å². The van der Waals surface area contributed by atoms with Gasteiger partial charge in [0.2, 0.25) is 0 Å². The number of aliphatic hydroxyl groups is 1. The molecule has 212 valence electrons. The van der Waals surface area contributed by atoms with Crippen molar-refractivity contribution in [3.05, 3.63) is 53.6 Å². The number of benzene rings is 1. The Hall–Kier alpha value is -2.24. The first-order valence-corrected chi connectivity index (χ1v) is 15.5. The van der Waals surface area contributed by atoms with Crippen LogP contribution in [0.3, 0.4) is 0 Å². The summed E-state index contributed by atoms with van der Waals surface area (Å²) in [5.74, 6) is 3.22. The van der Waals surface area contributed by atoms with Gasteiger partial charge in [0.15, 0.2) is 5.78 Å². The highest BCUT2D eigenvalue weighted by Gasteiger charge is 2.36. The second kappa shape index (κ2) is 13.4. The maximum Gasteiger partial charge on any atom is 0.163 e. The van der Waals surface area contributed by atoms with E-state index in [0.717, 1.165) is 69.1 Å². The maximum absolute atomic E-state index is 13.4. The number of para-hydroxylation sites is 1. The predicted molar refractivity (Wildman–Crippen MR) is 155 cm³/mol. The quantitative estimate of drug-likeness (QED) is 0.384. The molecular formula is C34H47NO4. The van der Waals surface area contributed by atoms with Crippen LogP contribution >= 0.6 is 0 Å². The maximum atomic E-state index is 13.4. The summed E-state index contributed by atoms with van der Waals surface area (Å²) in [6.07, 6.45) is 19.3. The van der Waals surface area contributed by atoms with E-state index in [1.165, 1.54) is 31.2 Å². The van der Waals surface area contributed by atoms with Crippen molar-refractivity contribution in [1.82, 2.24) is 5.32 Å². The van der Waals surface area contributed by atoms with Crippen LogP contribution in [0.5, 0.6) is 5.75 Å². The van der Waals surface area contributed by atoms with Crippen molar-refractivity contribution in [2.45, 2.75) is 108 Å². The summed E-state index contributed by atoms with van der Waals surface area (Å²) in [5.41, 5.74) is 2.16. The van der Waals surface area contributed by atoms with Crippen molar-refractivity contribution in [2.75, 3.05) is 7.11 Å². The van der Waals surface area contributed by atoms with Gasteiger partial charge in [-0.05, 0) is 93.6 Å². The van der Waals surface area contributed by atoms with Crippen LogP contribution in [0.4, 0.5) is 0 Å². The zero-order valence-corrected chi connectivity index (χ0v) is 23.7. The third-order valence-corrected chi connectivity index (χ3v) is 10.00. The molecule has 5 heteroatoms. The molecule has 5 atom stereocenters. The Bertz CT molecular complexity index is 1050. The number of methoxy groups -OCH3 is 1. The molecule has 5 unspecified atom stereocenters. The molecule has 1 saturated heterocycles. The van der Waals surface area contributed by atoms with Gasteiger partial charge in [0, 0.05) is 23.8 Å². The Balaban J connectivity index is 1.10. The minimum Gasteiger partial charge on any atom is -0.496 e. The molecule has 1 heterocycles. The van der Waals surface area contributed by atoms with Crippen LogP contribution in [-0.2, 0) is 9.59 Å². The van der Waals surface area contributed by atoms with Gasteiger partial charge in [-0.15, -0.1) is 0 Å². The zero-order chi connectivity index (χ0) is 27.2. The average molecular weight is 534 g/mol. The Labute approximate surface area is 234 Å². The molecule has 2 saturated carbocycles. The molecule has 0 aromatic heterocycles. The van der Waals surface area contributed by atoms with Crippen molar-refractivity contribution in [3.8, 4) is 5.75 Å². The lowest BCUT2D eigenvalue weighted by Crippen LogP contribution is -2.37. The summed E-state index contributed by atoms with van der Waals surface area (Å²) in [6.45, 7) is 0. The SMILES string of the molecule is COc1ccccc1C1CCCCC(CC(=O)C2CCC(CC3CC(O)NC4C=CCC=C4C3=O)CC2)CC1. The lowest BCUT2D eigenvalue weighted by Gasteiger charge is -2.31. The molecule has 0 amide bonds. The molecule has 5 nitrogen and oxygen atoms in total. The third-order valence-electron chi connectivity index (χ3n) is 10.00. The fraction of sp³-hybridized carbons (Fsp3) is 0.647. The molecule has 2 N–H and O–H groups in total. The van der Waals surface area contributed by atoms with E-state index in [0.29, 0.717) is 30.0 Å². The minimum atomic E-state index is -0.651. The van der Waals surface area contributed by atoms with E-state index >= 15 is 0 Å². The van der Waals surface area contributed by atoms with E-state index in [1.54, 1.807) is 7.11 Å². The minimum absolute atomic E-state index is 0.126. The first kappa shape index (κ1) is 28.3. The molecule has 0 bridgehead atoms. The van der Waals surface area contributed by atoms with Crippen LogP contribution in [0.2, 0.25) is 0 Å². The van der Waals surface area contributed by atoms with Crippen LogP contribution in [0.25, 0.3) is 0 Å². The molecule has 5 rings (SSSR count). The van der Waals surface area contributed by atoms with Crippen molar-refractivity contribution in [1.29, 1.82) is 0 Å². The number of aliphatic hydroxyl groups excluding tert-OH is 1. The van der Waals surface area contributed by atoms with Crippen molar-refractivity contribution < 1.29 is 19.4 Å². The Morgan fingerprint density at radius 2 is 1.77 bits per heavy atom. The van der Waals surface area contributed by atoms with Crippen LogP contribution in [0, 0.1) is 23.7 Å². The first-order valence-electron chi connectivity index (χ1n) is 15.5. The van der Waals surface area contributed by atoms with Crippen LogP contribution in [-0.4, -0.2) is 36.1 Å². The molecule has 3 aliphatic carbocycles. The number of rotatable bonds is 7. The van der Waals surface area contributed by atoms with E-state index in [-0.39, 0.29) is 23.7 Å². The topological polar surface area (TPSA) is 75.6 Å². The highest BCUT2D eigenvalue weighted by atomic mass is 16.5. The fourth-order valence-corrected chi connectivity index (χ4v) is 7.77. The lowest BCUT2D eigenvalue weighted by atomic mass is 9.73. The summed E-state index contributed by atoms with van der Waals surface area (Å²) in [6, 6.07) is 8.28. The van der Waals surface area contributed by atoms with Crippen molar-refractivity contribution >= 4 is 11.6 Å². The first-order chi connectivity index (χ1) is 19.0. The van der Waals surface area contributed by atoms with E-state index in [1.807, 2.05) is 18.2 Å². The number of fused-ring (bicyclic) bond motifs is 1. The average Bonchev–Trinajstić information content (AvgIpc) is 3.06. The standard InChI is InChI=1S/C34H47NO4/c1-39-32-13-7-5-10-28(32)25-9-3-2-8-23(14-17-25)21-31(36)26-18-15-24(16-19-26)20-27-22-33(37)35-30-12-6-4-11-29(30)34(27)38/h5-7,10-13,23-27,30,33,35,37H,2-4,8-9,14-22H2,1H3. The number of hydrogen-bond donors (Lipinski definition) is 2. The normalized spacial score (nSPS) is 33.7. The predicted octanol–water partition coefficient (Wildman–Crippen LogP) is 6.66. The van der Waals surface area contributed by atoms with Gasteiger partial charge in [-0.25, -0.2) is 0 Å². The second-order valence-corrected chi connectivity index (χ2v) is 12.6. The Morgan fingerprint density at radius 3 is 2.59 bits per heavy atom. The van der Waals surface area contributed by atoms with Gasteiger partial charge in [-0.3, -0.25) is 14.9 Å². The van der Waals surface area contributed by atoms with Gasteiger partial charge in [-0.1, -0.05) is 55.7 Å². The Kier molecular flexibility index (Phi) is 9.73.